The summed E-state index contributed by atoms with van der Waals surface area (Å²) in [6, 6.07) is 17.5. The van der Waals surface area contributed by atoms with Gasteiger partial charge in [-0.15, -0.1) is 0 Å². The normalized spacial score (nSPS) is 18.2. The first-order valence-electron chi connectivity index (χ1n) is 6.16. The van der Waals surface area contributed by atoms with Gasteiger partial charge >= 0.3 is 0 Å². The van der Waals surface area contributed by atoms with Crippen LogP contribution in [0.2, 0.25) is 0 Å². The molecule has 2 heteroatoms. The number of benzene rings is 2. The minimum absolute atomic E-state index is 0.0465. The summed E-state index contributed by atoms with van der Waals surface area (Å²) in [5, 5.41) is 0. The van der Waals surface area contributed by atoms with E-state index in [0.717, 1.165) is 23.3 Å². The number of hydrogen-bond donors (Lipinski definition) is 0. The lowest BCUT2D eigenvalue weighted by molar-refractivity contribution is 0.0884. The van der Waals surface area contributed by atoms with E-state index in [-0.39, 0.29) is 11.9 Å². The van der Waals surface area contributed by atoms with E-state index in [0.29, 0.717) is 6.42 Å². The summed E-state index contributed by atoms with van der Waals surface area (Å²) in [5.74, 6) is 1.01. The van der Waals surface area contributed by atoms with Gasteiger partial charge < -0.3 is 4.74 Å². The van der Waals surface area contributed by atoms with Crippen LogP contribution in [-0.2, 0) is 6.42 Å². The van der Waals surface area contributed by atoms with Crippen LogP contribution in [0.25, 0.3) is 0 Å². The SMILES string of the molecule is O=C1CC(Oc2ccccc2)Cc2ccccc21. The van der Waals surface area contributed by atoms with Crippen molar-refractivity contribution in [3.05, 3.63) is 65.7 Å². The molecule has 0 aromatic heterocycles. The van der Waals surface area contributed by atoms with Gasteiger partial charge in [0.05, 0.1) is 0 Å². The highest BCUT2D eigenvalue weighted by atomic mass is 16.5. The van der Waals surface area contributed by atoms with Gasteiger partial charge in [0.2, 0.25) is 0 Å². The Hall–Kier alpha value is -2.09. The summed E-state index contributed by atoms with van der Waals surface area (Å²) in [6.07, 6.45) is 1.22. The Kier molecular flexibility index (Phi) is 2.85. The van der Waals surface area contributed by atoms with Gasteiger partial charge in [0.1, 0.15) is 11.9 Å². The zero-order valence-electron chi connectivity index (χ0n) is 10.0. The Morgan fingerprint density at radius 1 is 0.889 bits per heavy atom. The summed E-state index contributed by atoms with van der Waals surface area (Å²) in [4.78, 5) is 12.0. The number of fused-ring (bicyclic) bond motifs is 1. The molecule has 0 saturated carbocycles. The summed E-state index contributed by atoms with van der Waals surface area (Å²) >= 11 is 0. The van der Waals surface area contributed by atoms with Gasteiger partial charge in [0.25, 0.3) is 0 Å². The smallest absolute Gasteiger partial charge is 0.166 e. The van der Waals surface area contributed by atoms with Crippen LogP contribution >= 0.6 is 0 Å². The molecule has 0 bridgehead atoms. The second-order valence-corrected chi connectivity index (χ2v) is 4.54. The Balaban J connectivity index is 1.80. The molecule has 0 aliphatic heterocycles. The van der Waals surface area contributed by atoms with Crippen molar-refractivity contribution in [2.24, 2.45) is 0 Å². The number of rotatable bonds is 2. The van der Waals surface area contributed by atoms with Crippen LogP contribution in [0.4, 0.5) is 0 Å². The van der Waals surface area contributed by atoms with Gasteiger partial charge in [-0.1, -0.05) is 42.5 Å². The molecule has 0 saturated heterocycles. The van der Waals surface area contributed by atoms with Crippen LogP contribution in [0.1, 0.15) is 22.3 Å². The van der Waals surface area contributed by atoms with E-state index in [1.807, 2.05) is 54.6 Å². The molecule has 2 nitrogen and oxygen atoms in total. The van der Waals surface area contributed by atoms with Gasteiger partial charge in [0.15, 0.2) is 5.78 Å². The fraction of sp³-hybridized carbons (Fsp3) is 0.188. The van der Waals surface area contributed by atoms with Crippen molar-refractivity contribution in [1.29, 1.82) is 0 Å². The molecule has 0 spiro atoms. The first kappa shape index (κ1) is 11.0. The van der Waals surface area contributed by atoms with Crippen molar-refractivity contribution in [3.63, 3.8) is 0 Å². The minimum Gasteiger partial charge on any atom is -0.490 e. The Morgan fingerprint density at radius 3 is 2.44 bits per heavy atom. The van der Waals surface area contributed by atoms with E-state index in [2.05, 4.69) is 0 Å². The van der Waals surface area contributed by atoms with Crippen molar-refractivity contribution < 1.29 is 9.53 Å². The number of para-hydroxylation sites is 1. The number of carbonyl (C=O) groups is 1. The Bertz CT molecular complexity index is 560. The van der Waals surface area contributed by atoms with Crippen molar-refractivity contribution in [1.82, 2.24) is 0 Å². The van der Waals surface area contributed by atoms with E-state index < -0.39 is 0 Å². The van der Waals surface area contributed by atoms with Crippen LogP contribution in [0.3, 0.4) is 0 Å². The third-order valence-corrected chi connectivity index (χ3v) is 3.22. The van der Waals surface area contributed by atoms with Gasteiger partial charge in [-0.2, -0.15) is 0 Å². The summed E-state index contributed by atoms with van der Waals surface area (Å²) in [5.41, 5.74) is 1.94. The Morgan fingerprint density at radius 2 is 1.61 bits per heavy atom. The molecular weight excluding hydrogens is 224 g/mol. The molecule has 1 unspecified atom stereocenters. The molecule has 1 aliphatic carbocycles. The largest absolute Gasteiger partial charge is 0.490 e. The Labute approximate surface area is 106 Å². The lowest BCUT2D eigenvalue weighted by Crippen LogP contribution is -2.29. The summed E-state index contributed by atoms with van der Waals surface area (Å²) < 4.78 is 5.86. The number of carbonyl (C=O) groups excluding carboxylic acids is 1. The highest BCUT2D eigenvalue weighted by Crippen LogP contribution is 2.24. The van der Waals surface area contributed by atoms with Crippen molar-refractivity contribution in [3.8, 4) is 5.75 Å². The number of ether oxygens (including phenoxy) is 1. The minimum atomic E-state index is -0.0465. The molecular formula is C16H14O2. The summed E-state index contributed by atoms with van der Waals surface area (Å²) in [6.45, 7) is 0. The topological polar surface area (TPSA) is 26.3 Å². The second kappa shape index (κ2) is 4.65. The van der Waals surface area contributed by atoms with Crippen LogP contribution in [0.5, 0.6) is 5.75 Å². The monoisotopic (exact) mass is 238 g/mol. The van der Waals surface area contributed by atoms with Crippen LogP contribution < -0.4 is 4.74 Å². The summed E-state index contributed by atoms with van der Waals surface area (Å²) in [7, 11) is 0. The fourth-order valence-corrected chi connectivity index (χ4v) is 2.38. The molecule has 1 aliphatic rings. The lowest BCUT2D eigenvalue weighted by Gasteiger charge is -2.24. The average Bonchev–Trinajstić information content (AvgIpc) is 2.40. The maximum absolute atomic E-state index is 12.0. The van der Waals surface area contributed by atoms with E-state index in [9.17, 15) is 4.79 Å². The highest BCUT2D eigenvalue weighted by Gasteiger charge is 2.25. The molecule has 18 heavy (non-hydrogen) atoms. The first-order chi connectivity index (χ1) is 8.83. The molecule has 0 fully saturated rings. The lowest BCUT2D eigenvalue weighted by atomic mass is 9.89. The van der Waals surface area contributed by atoms with Crippen LogP contribution in [0, 0.1) is 0 Å². The average molecular weight is 238 g/mol. The van der Waals surface area contributed by atoms with Crippen LogP contribution in [-0.4, -0.2) is 11.9 Å². The predicted octanol–water partition coefficient (Wildman–Crippen LogP) is 3.26. The highest BCUT2D eigenvalue weighted by molar-refractivity contribution is 5.98. The van der Waals surface area contributed by atoms with Gasteiger partial charge in [0, 0.05) is 18.4 Å². The van der Waals surface area contributed by atoms with Crippen molar-refractivity contribution in [2.75, 3.05) is 0 Å². The molecule has 0 amide bonds. The molecule has 1 atom stereocenters. The van der Waals surface area contributed by atoms with Crippen molar-refractivity contribution in [2.45, 2.75) is 18.9 Å². The zero-order valence-corrected chi connectivity index (χ0v) is 10.0. The fourth-order valence-electron chi connectivity index (χ4n) is 2.38. The molecule has 0 radical (unpaired) electrons. The predicted molar refractivity (Wildman–Crippen MR) is 70.0 cm³/mol. The molecule has 90 valence electrons. The molecule has 2 aromatic carbocycles. The molecule has 0 N–H and O–H groups in total. The van der Waals surface area contributed by atoms with Crippen molar-refractivity contribution >= 4 is 5.78 Å². The van der Waals surface area contributed by atoms with E-state index >= 15 is 0 Å². The first-order valence-corrected chi connectivity index (χ1v) is 6.16. The quantitative estimate of drug-likeness (QED) is 0.802. The number of ketones is 1. The molecule has 0 heterocycles. The van der Waals surface area contributed by atoms with E-state index in [1.54, 1.807) is 0 Å². The van der Waals surface area contributed by atoms with E-state index in [1.165, 1.54) is 0 Å². The van der Waals surface area contributed by atoms with Crippen LogP contribution in [0.15, 0.2) is 54.6 Å². The van der Waals surface area contributed by atoms with Gasteiger partial charge in [-0.05, 0) is 17.7 Å². The van der Waals surface area contributed by atoms with Gasteiger partial charge in [-0.25, -0.2) is 0 Å². The molecule has 2 aromatic rings. The maximum Gasteiger partial charge on any atom is 0.166 e. The third kappa shape index (κ3) is 2.14. The van der Waals surface area contributed by atoms with E-state index in [4.69, 9.17) is 4.74 Å². The number of hydrogen-bond acceptors (Lipinski definition) is 2. The standard InChI is InChI=1S/C16H14O2/c17-16-11-14(18-13-7-2-1-3-8-13)10-12-6-4-5-9-15(12)16/h1-9,14H,10-11H2. The van der Waals surface area contributed by atoms with Gasteiger partial charge in [-0.3, -0.25) is 4.79 Å². The second-order valence-electron chi connectivity index (χ2n) is 4.54. The number of Topliss-reactive ketones (excluding diaryl/α,β-unsaturated/α-hetero) is 1. The maximum atomic E-state index is 12.0. The molecule has 3 rings (SSSR count). The third-order valence-electron chi connectivity index (χ3n) is 3.22. The zero-order chi connectivity index (χ0) is 12.4.